The van der Waals surface area contributed by atoms with Crippen LogP contribution in [0.1, 0.15) is 20.8 Å². The van der Waals surface area contributed by atoms with Crippen molar-refractivity contribution in [1.29, 1.82) is 0 Å². The first kappa shape index (κ1) is 14.4. The van der Waals surface area contributed by atoms with Crippen LogP contribution < -0.4 is 10.9 Å². The highest BCUT2D eigenvalue weighted by atomic mass is 32.2. The van der Waals surface area contributed by atoms with Crippen molar-refractivity contribution in [2.75, 3.05) is 11.6 Å². The molecule has 0 fully saturated rings. The van der Waals surface area contributed by atoms with Crippen LogP contribution in [-0.4, -0.2) is 22.6 Å². The monoisotopic (exact) mass is 316 g/mol. The molecule has 0 saturated heterocycles. The Morgan fingerprint density at radius 2 is 1.91 bits per heavy atom. The van der Waals surface area contributed by atoms with Gasteiger partial charge in [-0.3, -0.25) is 9.59 Å². The highest BCUT2D eigenvalue weighted by Gasteiger charge is 2.34. The maximum atomic E-state index is 12.4. The summed E-state index contributed by atoms with van der Waals surface area (Å²) < 4.78 is 6.15. The summed E-state index contributed by atoms with van der Waals surface area (Å²) in [5.41, 5.74) is -0.255. The summed E-state index contributed by atoms with van der Waals surface area (Å²) >= 11 is 1.38. The molecule has 0 unspecified atom stereocenters. The van der Waals surface area contributed by atoms with E-state index in [2.05, 4.69) is 5.32 Å². The minimum Gasteiger partial charge on any atom is -0.352 e. The number of ketones is 2. The summed E-state index contributed by atoms with van der Waals surface area (Å²) in [7, 11) is 0. The highest BCUT2D eigenvalue weighted by Crippen LogP contribution is 2.22. The quantitative estimate of drug-likeness (QED) is 0.930. The maximum Gasteiger partial charge on any atom is 0.369 e. The van der Waals surface area contributed by atoms with Gasteiger partial charge in [-0.05, 0) is 18.4 Å². The summed E-state index contributed by atoms with van der Waals surface area (Å²) in [5.74, 6) is -0.668. The Morgan fingerprint density at radius 3 is 2.59 bits per heavy atom. The number of hydrogen-bond acceptors (Lipinski definition) is 6. The number of para-hydroxylation sites is 1. The summed E-state index contributed by atoms with van der Waals surface area (Å²) in [6.45, 7) is 0. The molecule has 3 rings (SSSR count). The van der Waals surface area contributed by atoms with E-state index in [0.29, 0.717) is 11.6 Å². The number of carbonyl (C=O) groups is 2. The molecule has 112 valence electrons. The van der Waals surface area contributed by atoms with Crippen LogP contribution in [0.2, 0.25) is 0 Å². The van der Waals surface area contributed by atoms with Gasteiger partial charge in [-0.25, -0.2) is 4.79 Å². The Kier molecular flexibility index (Phi) is 3.72. The van der Waals surface area contributed by atoms with E-state index in [1.54, 1.807) is 30.5 Å². The van der Waals surface area contributed by atoms with Crippen molar-refractivity contribution in [2.45, 2.75) is 5.88 Å². The molecule has 1 aliphatic carbocycles. The van der Waals surface area contributed by atoms with Gasteiger partial charge in [0.1, 0.15) is 17.1 Å². The van der Waals surface area contributed by atoms with E-state index in [4.69, 9.17) is 4.52 Å². The van der Waals surface area contributed by atoms with Crippen LogP contribution in [0, 0.1) is 0 Å². The first-order valence-corrected chi connectivity index (χ1v) is 7.87. The third-order valence-corrected chi connectivity index (χ3v) is 3.66. The lowest BCUT2D eigenvalue weighted by atomic mass is 9.99. The third-order valence-electron chi connectivity index (χ3n) is 3.16. The van der Waals surface area contributed by atoms with E-state index in [1.165, 1.54) is 22.6 Å². The van der Waals surface area contributed by atoms with Gasteiger partial charge in [0, 0.05) is 11.8 Å². The summed E-state index contributed by atoms with van der Waals surface area (Å²) in [6.07, 6.45) is 3.00. The third kappa shape index (κ3) is 2.39. The minimum atomic E-state index is -0.789. The Morgan fingerprint density at radius 1 is 1.18 bits per heavy atom. The van der Waals surface area contributed by atoms with E-state index in [1.807, 2.05) is 6.07 Å². The van der Waals surface area contributed by atoms with Crippen LogP contribution in [0.3, 0.4) is 0 Å². The van der Waals surface area contributed by atoms with Gasteiger partial charge in [0.2, 0.25) is 11.6 Å². The molecule has 1 aliphatic rings. The molecule has 1 heterocycles. The number of thioether (sulfide) groups is 1. The van der Waals surface area contributed by atoms with Crippen molar-refractivity contribution >= 4 is 29.0 Å². The number of benzene rings is 1. The second-order valence-electron chi connectivity index (χ2n) is 4.64. The first-order chi connectivity index (χ1) is 10.6. The van der Waals surface area contributed by atoms with E-state index in [0.717, 1.165) is 0 Å². The van der Waals surface area contributed by atoms with Crippen LogP contribution in [0.15, 0.2) is 51.4 Å². The van der Waals surface area contributed by atoms with Gasteiger partial charge in [0.25, 0.3) is 0 Å². The molecule has 22 heavy (non-hydrogen) atoms. The predicted octanol–water partition coefficient (Wildman–Crippen LogP) is 2.14. The molecule has 0 saturated carbocycles. The van der Waals surface area contributed by atoms with Gasteiger partial charge in [-0.1, -0.05) is 18.2 Å². The molecule has 0 radical (unpaired) electrons. The van der Waals surface area contributed by atoms with E-state index < -0.39 is 17.2 Å². The number of nitrogens with zero attached hydrogens (tertiary/aromatic N) is 1. The number of allylic oxidation sites excluding steroid dienone is 2. The Labute approximate surface area is 129 Å². The predicted molar refractivity (Wildman–Crippen MR) is 83.3 cm³/mol. The van der Waals surface area contributed by atoms with Crippen molar-refractivity contribution in [1.82, 2.24) is 4.74 Å². The molecule has 0 bridgehead atoms. The van der Waals surface area contributed by atoms with Gasteiger partial charge in [-0.15, -0.1) is 11.8 Å². The lowest BCUT2D eigenvalue weighted by Gasteiger charge is -2.13. The smallest absolute Gasteiger partial charge is 0.352 e. The van der Waals surface area contributed by atoms with Crippen LogP contribution >= 0.6 is 11.8 Å². The second kappa shape index (κ2) is 5.69. The number of anilines is 1. The van der Waals surface area contributed by atoms with Crippen LogP contribution in [0.4, 0.5) is 5.69 Å². The number of carbonyl (C=O) groups excluding carboxylic acids is 2. The lowest BCUT2D eigenvalue weighted by molar-refractivity contribution is 0.0977. The zero-order valence-electron chi connectivity index (χ0n) is 11.7. The van der Waals surface area contributed by atoms with Gasteiger partial charge >= 0.3 is 5.63 Å². The van der Waals surface area contributed by atoms with Gasteiger partial charge in [0.15, 0.2) is 0 Å². The zero-order chi connectivity index (χ0) is 15.7. The standard InChI is InChI=1S/C15H12N2O4S/c1-22-8-17-13-11(18)7-10(14(19)12(13)15(20)21-17)16-9-5-3-2-4-6-9/h2-7,16H,8H2,1H3. The summed E-state index contributed by atoms with van der Waals surface area (Å²) in [6, 6.07) is 8.95. The fourth-order valence-electron chi connectivity index (χ4n) is 2.24. The molecule has 2 aromatic rings. The first-order valence-electron chi connectivity index (χ1n) is 6.47. The highest BCUT2D eigenvalue weighted by molar-refractivity contribution is 7.97. The number of aromatic nitrogens is 1. The summed E-state index contributed by atoms with van der Waals surface area (Å²) in [5, 5.41) is 2.87. The molecule has 1 aromatic heterocycles. The SMILES string of the molecule is CSCn1oc(=O)c2c1C(=O)C=C(Nc1ccccc1)C2=O. The number of rotatable bonds is 4. The van der Waals surface area contributed by atoms with Gasteiger partial charge in [-0.2, -0.15) is 4.74 Å². The number of nitrogens with one attached hydrogen (secondary N) is 1. The fourth-order valence-corrected chi connectivity index (χ4v) is 2.65. The van der Waals surface area contributed by atoms with Crippen LogP contribution in [-0.2, 0) is 5.88 Å². The Balaban J connectivity index is 2.01. The average molecular weight is 316 g/mol. The molecular weight excluding hydrogens is 304 g/mol. The Bertz CT molecular complexity index is 833. The van der Waals surface area contributed by atoms with Gasteiger partial charge in [0.05, 0.1) is 5.70 Å². The average Bonchev–Trinajstić information content (AvgIpc) is 2.83. The van der Waals surface area contributed by atoms with Crippen molar-refractivity contribution in [3.05, 3.63) is 63.8 Å². The van der Waals surface area contributed by atoms with Crippen LogP contribution in [0.5, 0.6) is 0 Å². The molecule has 0 amide bonds. The number of Topliss-reactive ketones (excluding diaryl/α,β-unsaturated/α-hetero) is 1. The van der Waals surface area contributed by atoms with E-state index in [9.17, 15) is 14.4 Å². The van der Waals surface area contributed by atoms with E-state index >= 15 is 0 Å². The molecule has 0 atom stereocenters. The molecular formula is C15H12N2O4S. The molecule has 0 spiro atoms. The van der Waals surface area contributed by atoms with E-state index in [-0.39, 0.29) is 17.0 Å². The normalized spacial score (nSPS) is 13.8. The van der Waals surface area contributed by atoms with Gasteiger partial charge < -0.3 is 9.84 Å². The largest absolute Gasteiger partial charge is 0.369 e. The second-order valence-corrected chi connectivity index (χ2v) is 5.48. The van der Waals surface area contributed by atoms with Crippen molar-refractivity contribution in [3.63, 3.8) is 0 Å². The molecule has 1 N–H and O–H groups in total. The van der Waals surface area contributed by atoms with Crippen molar-refractivity contribution < 1.29 is 14.1 Å². The van der Waals surface area contributed by atoms with Crippen molar-refractivity contribution in [2.24, 2.45) is 0 Å². The van der Waals surface area contributed by atoms with Crippen LogP contribution in [0.25, 0.3) is 0 Å². The Hall–Kier alpha value is -2.54. The molecule has 6 nitrogen and oxygen atoms in total. The lowest BCUT2D eigenvalue weighted by Crippen LogP contribution is -2.25. The van der Waals surface area contributed by atoms with Crippen molar-refractivity contribution in [3.8, 4) is 0 Å². The number of hydrogen-bond donors (Lipinski definition) is 1. The zero-order valence-corrected chi connectivity index (χ0v) is 12.5. The maximum absolute atomic E-state index is 12.4. The topological polar surface area (TPSA) is 81.3 Å². The molecule has 7 heteroatoms. The number of fused-ring (bicyclic) bond motifs is 1. The minimum absolute atomic E-state index is 0.0166. The molecule has 1 aromatic carbocycles. The molecule has 0 aliphatic heterocycles. The fraction of sp³-hybridized carbons (Fsp3) is 0.133. The summed E-state index contributed by atoms with van der Waals surface area (Å²) in [4.78, 5) is 36.6.